The van der Waals surface area contributed by atoms with E-state index in [2.05, 4.69) is 0 Å². The molecule has 0 unspecified atom stereocenters. The molecule has 1 amide bonds. The van der Waals surface area contributed by atoms with E-state index in [1.165, 1.54) is 4.90 Å². The van der Waals surface area contributed by atoms with Crippen molar-refractivity contribution in [1.29, 1.82) is 0 Å². The van der Waals surface area contributed by atoms with Crippen molar-refractivity contribution in [1.82, 2.24) is 4.90 Å². The fraction of sp³-hybridized carbons (Fsp3) is 0.263. The Bertz CT molecular complexity index is 795. The van der Waals surface area contributed by atoms with E-state index in [-0.39, 0.29) is 31.0 Å². The van der Waals surface area contributed by atoms with Gasteiger partial charge in [-0.2, -0.15) is 0 Å². The van der Waals surface area contributed by atoms with Crippen molar-refractivity contribution in [2.24, 2.45) is 5.92 Å². The van der Waals surface area contributed by atoms with Gasteiger partial charge in [-0.1, -0.05) is 30.3 Å². The number of aliphatic carboxylic acids is 1. The van der Waals surface area contributed by atoms with Crippen LogP contribution in [-0.2, 0) is 16.0 Å². The molecule has 2 atom stereocenters. The standard InChI is InChI=1S/C19H17F2NO3/c20-14-6-7-17(21)13(8-14)9-18(23)22-10-15(16(11-22)19(24)25)12-4-2-1-3-5-12/h1-8,15-16H,9-11H2,(H,24,25)/t15-,16-/m1/s1. The van der Waals surface area contributed by atoms with Gasteiger partial charge in [0.15, 0.2) is 0 Å². The zero-order chi connectivity index (χ0) is 18.0. The number of rotatable bonds is 4. The third kappa shape index (κ3) is 3.68. The Balaban J connectivity index is 1.78. The average molecular weight is 345 g/mol. The van der Waals surface area contributed by atoms with E-state index in [0.29, 0.717) is 0 Å². The Labute approximate surface area is 143 Å². The first-order valence-corrected chi connectivity index (χ1v) is 7.95. The van der Waals surface area contributed by atoms with Crippen LogP contribution in [0.1, 0.15) is 17.0 Å². The molecule has 1 aliphatic heterocycles. The lowest BCUT2D eigenvalue weighted by Gasteiger charge is -2.17. The van der Waals surface area contributed by atoms with E-state index in [9.17, 15) is 23.5 Å². The molecular weight excluding hydrogens is 328 g/mol. The van der Waals surface area contributed by atoms with Crippen molar-refractivity contribution in [3.05, 3.63) is 71.3 Å². The Morgan fingerprint density at radius 2 is 1.80 bits per heavy atom. The molecule has 6 heteroatoms. The minimum absolute atomic E-state index is 0.0277. The molecule has 1 N–H and O–H groups in total. The third-order valence-corrected chi connectivity index (χ3v) is 4.57. The first-order chi connectivity index (χ1) is 12.0. The molecule has 25 heavy (non-hydrogen) atoms. The number of halogens is 2. The van der Waals surface area contributed by atoms with Crippen LogP contribution in [0.4, 0.5) is 8.78 Å². The molecule has 4 nitrogen and oxygen atoms in total. The molecule has 0 bridgehead atoms. The van der Waals surface area contributed by atoms with Crippen LogP contribution in [0.15, 0.2) is 48.5 Å². The lowest BCUT2D eigenvalue weighted by molar-refractivity contribution is -0.141. The Morgan fingerprint density at radius 1 is 1.08 bits per heavy atom. The summed E-state index contributed by atoms with van der Waals surface area (Å²) in [5.41, 5.74) is 0.821. The Kier molecular flexibility index (Phi) is 4.79. The zero-order valence-electron chi connectivity index (χ0n) is 13.4. The summed E-state index contributed by atoms with van der Waals surface area (Å²) in [5, 5.41) is 9.47. The number of nitrogens with zero attached hydrogens (tertiary/aromatic N) is 1. The predicted molar refractivity (Wildman–Crippen MR) is 87.0 cm³/mol. The second kappa shape index (κ2) is 7.01. The molecule has 0 radical (unpaired) electrons. The van der Waals surface area contributed by atoms with Crippen LogP contribution in [0, 0.1) is 17.6 Å². The molecule has 1 saturated heterocycles. The largest absolute Gasteiger partial charge is 0.481 e. The summed E-state index contributed by atoms with van der Waals surface area (Å²) in [6.45, 7) is 0.307. The predicted octanol–water partition coefficient (Wildman–Crippen LogP) is 2.83. The van der Waals surface area contributed by atoms with E-state index in [1.807, 2.05) is 30.3 Å². The summed E-state index contributed by atoms with van der Waals surface area (Å²) >= 11 is 0. The first-order valence-electron chi connectivity index (χ1n) is 7.95. The van der Waals surface area contributed by atoms with Gasteiger partial charge in [0.2, 0.25) is 5.91 Å². The number of carboxylic acids is 1. The fourth-order valence-corrected chi connectivity index (χ4v) is 3.25. The minimum atomic E-state index is -0.971. The van der Waals surface area contributed by atoms with E-state index in [4.69, 9.17) is 0 Å². The number of benzene rings is 2. The highest BCUT2D eigenvalue weighted by Gasteiger charge is 2.40. The van der Waals surface area contributed by atoms with Gasteiger partial charge < -0.3 is 10.0 Å². The van der Waals surface area contributed by atoms with Gasteiger partial charge in [0.1, 0.15) is 11.6 Å². The molecular formula is C19H17F2NO3. The van der Waals surface area contributed by atoms with Crippen LogP contribution in [0.2, 0.25) is 0 Å². The summed E-state index contributed by atoms with van der Waals surface area (Å²) in [6, 6.07) is 12.1. The van der Waals surface area contributed by atoms with Gasteiger partial charge in [0, 0.05) is 24.6 Å². The molecule has 2 aromatic carbocycles. The highest BCUT2D eigenvalue weighted by molar-refractivity contribution is 5.81. The number of hydrogen-bond donors (Lipinski definition) is 1. The van der Waals surface area contributed by atoms with Crippen LogP contribution < -0.4 is 0 Å². The van der Waals surface area contributed by atoms with Gasteiger partial charge in [-0.25, -0.2) is 8.78 Å². The summed E-state index contributed by atoms with van der Waals surface area (Å²) in [5.74, 6) is -3.68. The van der Waals surface area contributed by atoms with Crippen LogP contribution in [0.3, 0.4) is 0 Å². The lowest BCUT2D eigenvalue weighted by atomic mass is 9.89. The summed E-state index contributed by atoms with van der Waals surface area (Å²) < 4.78 is 27.0. The van der Waals surface area contributed by atoms with Crippen molar-refractivity contribution in [3.63, 3.8) is 0 Å². The summed E-state index contributed by atoms with van der Waals surface area (Å²) in [6.07, 6.45) is -0.294. The lowest BCUT2D eigenvalue weighted by Crippen LogP contribution is -2.31. The maximum absolute atomic E-state index is 13.7. The normalized spacial score (nSPS) is 19.8. The first kappa shape index (κ1) is 17.1. The molecule has 130 valence electrons. The zero-order valence-corrected chi connectivity index (χ0v) is 13.4. The maximum Gasteiger partial charge on any atom is 0.308 e. The number of likely N-dealkylation sites (tertiary alicyclic amines) is 1. The van der Waals surface area contributed by atoms with Gasteiger partial charge in [-0.05, 0) is 23.8 Å². The number of carbonyl (C=O) groups excluding carboxylic acids is 1. The molecule has 3 rings (SSSR count). The third-order valence-electron chi connectivity index (χ3n) is 4.57. The van der Waals surface area contributed by atoms with E-state index < -0.39 is 29.4 Å². The molecule has 1 fully saturated rings. The van der Waals surface area contributed by atoms with E-state index >= 15 is 0 Å². The monoisotopic (exact) mass is 345 g/mol. The fourth-order valence-electron chi connectivity index (χ4n) is 3.25. The van der Waals surface area contributed by atoms with Gasteiger partial charge >= 0.3 is 5.97 Å². The van der Waals surface area contributed by atoms with Gasteiger partial charge in [0.05, 0.1) is 12.3 Å². The van der Waals surface area contributed by atoms with E-state index in [0.717, 1.165) is 23.8 Å². The molecule has 1 aliphatic rings. The average Bonchev–Trinajstić information content (AvgIpc) is 3.05. The number of amides is 1. The number of carboxylic acid groups (broad SMARTS) is 1. The molecule has 0 aliphatic carbocycles. The van der Waals surface area contributed by atoms with Gasteiger partial charge in [-0.3, -0.25) is 9.59 Å². The van der Waals surface area contributed by atoms with Gasteiger partial charge in [-0.15, -0.1) is 0 Å². The highest BCUT2D eigenvalue weighted by Crippen LogP contribution is 2.33. The summed E-state index contributed by atoms with van der Waals surface area (Å²) in [7, 11) is 0. The van der Waals surface area contributed by atoms with Crippen molar-refractivity contribution >= 4 is 11.9 Å². The number of carbonyl (C=O) groups is 2. The second-order valence-corrected chi connectivity index (χ2v) is 6.17. The van der Waals surface area contributed by atoms with Crippen molar-refractivity contribution in [2.75, 3.05) is 13.1 Å². The maximum atomic E-state index is 13.7. The molecule has 2 aromatic rings. The van der Waals surface area contributed by atoms with E-state index in [1.54, 1.807) is 0 Å². The summed E-state index contributed by atoms with van der Waals surface area (Å²) in [4.78, 5) is 25.4. The minimum Gasteiger partial charge on any atom is -0.481 e. The molecule has 1 heterocycles. The van der Waals surface area contributed by atoms with Crippen LogP contribution in [0.25, 0.3) is 0 Å². The second-order valence-electron chi connectivity index (χ2n) is 6.17. The van der Waals surface area contributed by atoms with Crippen LogP contribution in [-0.4, -0.2) is 35.0 Å². The van der Waals surface area contributed by atoms with Crippen LogP contribution in [0.5, 0.6) is 0 Å². The van der Waals surface area contributed by atoms with Crippen molar-refractivity contribution < 1.29 is 23.5 Å². The van der Waals surface area contributed by atoms with Gasteiger partial charge in [0.25, 0.3) is 0 Å². The Hall–Kier alpha value is -2.76. The molecule has 0 aromatic heterocycles. The molecule has 0 saturated carbocycles. The number of hydrogen-bond acceptors (Lipinski definition) is 2. The SMILES string of the molecule is O=C(O)[C@@H]1CN(C(=O)Cc2cc(F)ccc2F)C[C@@H]1c1ccccc1. The topological polar surface area (TPSA) is 57.6 Å². The highest BCUT2D eigenvalue weighted by atomic mass is 19.1. The molecule has 0 spiro atoms. The smallest absolute Gasteiger partial charge is 0.308 e. The van der Waals surface area contributed by atoms with Crippen LogP contribution >= 0.6 is 0 Å². The quantitative estimate of drug-likeness (QED) is 0.927. The van der Waals surface area contributed by atoms with Crippen molar-refractivity contribution in [2.45, 2.75) is 12.3 Å². The van der Waals surface area contributed by atoms with Crippen molar-refractivity contribution in [3.8, 4) is 0 Å². The Morgan fingerprint density at radius 3 is 2.48 bits per heavy atom.